The Morgan fingerprint density at radius 2 is 2.04 bits per heavy atom. The zero-order chi connectivity index (χ0) is 18.8. The predicted octanol–water partition coefficient (Wildman–Crippen LogP) is 5.96. The van der Waals surface area contributed by atoms with Crippen LogP contribution in [0.1, 0.15) is 39.4 Å². The third kappa shape index (κ3) is 3.95. The first-order valence-corrected chi connectivity index (χ1v) is 10.2. The molecule has 4 nitrogen and oxygen atoms in total. The Morgan fingerprint density at radius 3 is 2.93 bits per heavy atom. The molecule has 0 unspecified atom stereocenters. The molecule has 1 aliphatic rings. The van der Waals surface area contributed by atoms with Crippen molar-refractivity contribution in [2.45, 2.75) is 25.7 Å². The average molecular weight is 419 g/mol. The molecule has 0 fully saturated rings. The maximum Gasteiger partial charge on any atom is 0.272 e. The van der Waals surface area contributed by atoms with Gasteiger partial charge in [-0.05, 0) is 61.6 Å². The molecule has 27 heavy (non-hydrogen) atoms. The van der Waals surface area contributed by atoms with E-state index in [9.17, 15) is 4.79 Å². The molecule has 4 rings (SSSR count). The van der Waals surface area contributed by atoms with Gasteiger partial charge in [-0.1, -0.05) is 23.2 Å². The van der Waals surface area contributed by atoms with Crippen LogP contribution in [0.25, 0.3) is 11.3 Å². The van der Waals surface area contributed by atoms with E-state index < -0.39 is 0 Å². The Morgan fingerprint density at radius 1 is 1.19 bits per heavy atom. The van der Waals surface area contributed by atoms with Crippen LogP contribution >= 0.6 is 34.5 Å². The highest BCUT2D eigenvalue weighted by Crippen LogP contribution is 2.32. The number of carbonyl (C=O) groups excluding carboxylic acids is 1. The number of thiophene rings is 1. The molecule has 2 aromatic heterocycles. The molecule has 3 aromatic rings. The molecule has 0 saturated heterocycles. The van der Waals surface area contributed by atoms with Crippen molar-refractivity contribution >= 4 is 46.7 Å². The SMILES string of the molecule is O=C(N/N=C\c1ccc(-c2cc(Cl)ccc2Cl)o1)c1csc2c1CCCC2. The number of rotatable bonds is 4. The molecule has 0 radical (unpaired) electrons. The third-order valence-electron chi connectivity index (χ3n) is 4.48. The lowest BCUT2D eigenvalue weighted by molar-refractivity contribution is 0.0954. The number of benzene rings is 1. The summed E-state index contributed by atoms with van der Waals surface area (Å²) >= 11 is 13.9. The number of furan rings is 1. The summed E-state index contributed by atoms with van der Waals surface area (Å²) in [4.78, 5) is 13.7. The summed E-state index contributed by atoms with van der Waals surface area (Å²) in [5.41, 5.74) is 5.20. The normalized spacial score (nSPS) is 13.7. The minimum absolute atomic E-state index is 0.185. The van der Waals surface area contributed by atoms with Crippen LogP contribution in [-0.2, 0) is 12.8 Å². The van der Waals surface area contributed by atoms with Crippen LogP contribution < -0.4 is 5.43 Å². The summed E-state index contributed by atoms with van der Waals surface area (Å²) in [5.74, 6) is 0.909. The molecule has 0 bridgehead atoms. The molecule has 0 atom stereocenters. The van der Waals surface area contributed by atoms with Gasteiger partial charge in [-0.15, -0.1) is 11.3 Å². The number of aryl methyl sites for hydroxylation is 1. The number of nitrogens with zero attached hydrogens (tertiary/aromatic N) is 1. The van der Waals surface area contributed by atoms with Gasteiger partial charge in [0.05, 0.1) is 16.8 Å². The van der Waals surface area contributed by atoms with Gasteiger partial charge in [0.15, 0.2) is 0 Å². The smallest absolute Gasteiger partial charge is 0.272 e. The number of hydrogen-bond acceptors (Lipinski definition) is 4. The van der Waals surface area contributed by atoms with Gasteiger partial charge < -0.3 is 4.42 Å². The van der Waals surface area contributed by atoms with Gasteiger partial charge in [0, 0.05) is 20.8 Å². The van der Waals surface area contributed by atoms with Crippen LogP contribution in [0.4, 0.5) is 0 Å². The van der Waals surface area contributed by atoms with Crippen molar-refractivity contribution in [3.63, 3.8) is 0 Å². The number of nitrogens with one attached hydrogen (secondary N) is 1. The lowest BCUT2D eigenvalue weighted by atomic mass is 9.96. The molecular formula is C20H16Cl2N2O2S. The predicted molar refractivity (Wildman–Crippen MR) is 110 cm³/mol. The molecule has 7 heteroatoms. The van der Waals surface area contributed by atoms with Gasteiger partial charge in [0.2, 0.25) is 0 Å². The second-order valence-corrected chi connectivity index (χ2v) is 8.09. The van der Waals surface area contributed by atoms with Crippen LogP contribution in [0, 0.1) is 0 Å². The maximum atomic E-state index is 12.4. The standard InChI is InChI=1S/C20H16Cl2N2O2S/c21-12-5-7-17(22)15(9-12)18-8-6-13(26-18)10-23-24-20(25)16-11-27-19-4-2-1-3-14(16)19/h5-11H,1-4H2,(H,24,25)/b23-10-. The monoisotopic (exact) mass is 418 g/mol. The fraction of sp³-hybridized carbons (Fsp3) is 0.200. The van der Waals surface area contributed by atoms with Crippen molar-refractivity contribution in [1.82, 2.24) is 5.43 Å². The highest BCUT2D eigenvalue weighted by molar-refractivity contribution is 7.10. The van der Waals surface area contributed by atoms with E-state index in [4.69, 9.17) is 27.6 Å². The summed E-state index contributed by atoms with van der Waals surface area (Å²) in [6.07, 6.45) is 5.84. The van der Waals surface area contributed by atoms with Crippen LogP contribution in [0.2, 0.25) is 10.0 Å². The molecule has 1 N–H and O–H groups in total. The van der Waals surface area contributed by atoms with E-state index in [1.54, 1.807) is 41.7 Å². The molecular weight excluding hydrogens is 403 g/mol. The molecule has 2 heterocycles. The zero-order valence-electron chi connectivity index (χ0n) is 14.3. The van der Waals surface area contributed by atoms with Crippen molar-refractivity contribution in [2.75, 3.05) is 0 Å². The van der Waals surface area contributed by atoms with E-state index in [1.807, 2.05) is 5.38 Å². The van der Waals surface area contributed by atoms with E-state index in [2.05, 4.69) is 10.5 Å². The summed E-state index contributed by atoms with van der Waals surface area (Å²) in [6.45, 7) is 0. The van der Waals surface area contributed by atoms with Gasteiger partial charge in [0.25, 0.3) is 5.91 Å². The Hall–Kier alpha value is -2.08. The highest BCUT2D eigenvalue weighted by Gasteiger charge is 2.19. The number of halogens is 2. The minimum Gasteiger partial charge on any atom is -0.455 e. The Kier molecular flexibility index (Phi) is 5.34. The first-order valence-electron chi connectivity index (χ1n) is 8.60. The number of carbonyl (C=O) groups is 1. The van der Waals surface area contributed by atoms with E-state index in [-0.39, 0.29) is 5.91 Å². The number of amides is 1. The van der Waals surface area contributed by atoms with Crippen molar-refractivity contribution in [1.29, 1.82) is 0 Å². The molecule has 0 aliphatic heterocycles. The minimum atomic E-state index is -0.185. The topological polar surface area (TPSA) is 54.6 Å². The van der Waals surface area contributed by atoms with E-state index in [0.29, 0.717) is 27.1 Å². The van der Waals surface area contributed by atoms with Gasteiger partial charge in [-0.2, -0.15) is 5.10 Å². The van der Waals surface area contributed by atoms with Crippen molar-refractivity contribution < 1.29 is 9.21 Å². The van der Waals surface area contributed by atoms with Gasteiger partial charge in [-0.25, -0.2) is 5.43 Å². The third-order valence-corrected chi connectivity index (χ3v) is 6.14. The number of hydrogen-bond donors (Lipinski definition) is 1. The Bertz CT molecular complexity index is 1020. The Balaban J connectivity index is 1.45. The fourth-order valence-corrected chi connectivity index (χ4v) is 4.66. The molecule has 1 aliphatic carbocycles. The second-order valence-electron chi connectivity index (χ2n) is 6.28. The average Bonchev–Trinajstić information content (AvgIpc) is 3.30. The van der Waals surface area contributed by atoms with Gasteiger partial charge in [0.1, 0.15) is 11.5 Å². The molecule has 0 saturated carbocycles. The highest BCUT2D eigenvalue weighted by atomic mass is 35.5. The van der Waals surface area contributed by atoms with Gasteiger partial charge in [-0.3, -0.25) is 4.79 Å². The van der Waals surface area contributed by atoms with Crippen LogP contribution in [0.3, 0.4) is 0 Å². The number of fused-ring (bicyclic) bond motifs is 1. The lowest BCUT2D eigenvalue weighted by Gasteiger charge is -2.11. The summed E-state index contributed by atoms with van der Waals surface area (Å²) in [5, 5.41) is 7.07. The fourth-order valence-electron chi connectivity index (χ4n) is 3.15. The zero-order valence-corrected chi connectivity index (χ0v) is 16.6. The molecule has 0 spiro atoms. The first-order chi connectivity index (χ1) is 13.1. The summed E-state index contributed by atoms with van der Waals surface area (Å²) in [7, 11) is 0. The van der Waals surface area contributed by atoms with E-state index in [1.165, 1.54) is 23.1 Å². The second kappa shape index (κ2) is 7.89. The summed E-state index contributed by atoms with van der Waals surface area (Å²) in [6, 6.07) is 8.73. The molecule has 1 amide bonds. The quantitative estimate of drug-likeness (QED) is 0.419. The van der Waals surface area contributed by atoms with Crippen LogP contribution in [0.15, 0.2) is 45.2 Å². The maximum absolute atomic E-state index is 12.4. The van der Waals surface area contributed by atoms with Crippen LogP contribution in [0.5, 0.6) is 0 Å². The van der Waals surface area contributed by atoms with Gasteiger partial charge >= 0.3 is 0 Å². The molecule has 1 aromatic carbocycles. The van der Waals surface area contributed by atoms with E-state index in [0.717, 1.165) is 24.8 Å². The van der Waals surface area contributed by atoms with Crippen molar-refractivity contribution in [2.24, 2.45) is 5.10 Å². The number of hydrazone groups is 1. The molecule has 138 valence electrons. The van der Waals surface area contributed by atoms with E-state index >= 15 is 0 Å². The van der Waals surface area contributed by atoms with Crippen LogP contribution in [-0.4, -0.2) is 12.1 Å². The van der Waals surface area contributed by atoms with Crippen molar-refractivity contribution in [3.05, 3.63) is 67.5 Å². The first kappa shape index (κ1) is 18.3. The van der Waals surface area contributed by atoms with Crippen molar-refractivity contribution in [3.8, 4) is 11.3 Å². The lowest BCUT2D eigenvalue weighted by Crippen LogP contribution is -2.19. The summed E-state index contributed by atoms with van der Waals surface area (Å²) < 4.78 is 5.73. The Labute approximate surface area is 170 Å². The largest absolute Gasteiger partial charge is 0.455 e.